The molecule has 1 aliphatic rings. The molecule has 0 aromatic rings. The summed E-state index contributed by atoms with van der Waals surface area (Å²) in [5.74, 6) is -0.577. The number of hydrogen-bond donors (Lipinski definition) is 1. The van der Waals surface area contributed by atoms with Gasteiger partial charge in [0.15, 0.2) is 0 Å². The van der Waals surface area contributed by atoms with Crippen LogP contribution in [0.4, 0.5) is 18.0 Å². The molecule has 0 unspecified atom stereocenters. The largest absolute Gasteiger partial charge is 0.465 e. The fourth-order valence-electron chi connectivity index (χ4n) is 1.55. The number of carboxylic acid groups (broad SMARTS) is 1. The van der Waals surface area contributed by atoms with Crippen molar-refractivity contribution in [2.75, 3.05) is 26.2 Å². The van der Waals surface area contributed by atoms with Gasteiger partial charge in [0.2, 0.25) is 5.91 Å². The van der Waals surface area contributed by atoms with Crippen LogP contribution in [-0.4, -0.2) is 59.3 Å². The summed E-state index contributed by atoms with van der Waals surface area (Å²) in [6.45, 7) is 0.603. The third-order valence-corrected chi connectivity index (χ3v) is 2.53. The Bertz CT molecular complexity index is 298. The molecule has 1 rings (SSSR count). The molecule has 0 atom stereocenters. The standard InChI is InChI=1S/C9H13F3N2O3/c10-9(11,12)2-1-7(15)13-3-5-14(6-4-13)8(16)17/h1-6H2,(H,16,17). The minimum absolute atomic E-state index is 0.146. The van der Waals surface area contributed by atoms with Gasteiger partial charge in [-0.1, -0.05) is 0 Å². The second kappa shape index (κ2) is 5.24. The van der Waals surface area contributed by atoms with Gasteiger partial charge in [-0.25, -0.2) is 4.79 Å². The molecule has 2 amide bonds. The molecule has 17 heavy (non-hydrogen) atoms. The van der Waals surface area contributed by atoms with Crippen LogP contribution in [0.5, 0.6) is 0 Å². The van der Waals surface area contributed by atoms with Crippen molar-refractivity contribution in [2.45, 2.75) is 19.0 Å². The molecule has 1 N–H and O–H groups in total. The molecular weight excluding hydrogens is 241 g/mol. The van der Waals surface area contributed by atoms with E-state index in [4.69, 9.17) is 5.11 Å². The third-order valence-electron chi connectivity index (χ3n) is 2.53. The van der Waals surface area contributed by atoms with E-state index in [0.29, 0.717) is 0 Å². The zero-order valence-corrected chi connectivity index (χ0v) is 9.03. The topological polar surface area (TPSA) is 60.9 Å². The van der Waals surface area contributed by atoms with E-state index in [1.54, 1.807) is 0 Å². The third kappa shape index (κ3) is 4.49. The monoisotopic (exact) mass is 254 g/mol. The minimum Gasteiger partial charge on any atom is -0.465 e. The van der Waals surface area contributed by atoms with Crippen molar-refractivity contribution < 1.29 is 27.9 Å². The van der Waals surface area contributed by atoms with Crippen molar-refractivity contribution in [1.82, 2.24) is 9.80 Å². The summed E-state index contributed by atoms with van der Waals surface area (Å²) >= 11 is 0. The number of rotatable bonds is 2. The molecule has 0 radical (unpaired) electrons. The maximum absolute atomic E-state index is 11.9. The zero-order chi connectivity index (χ0) is 13.1. The number of hydrogen-bond acceptors (Lipinski definition) is 2. The van der Waals surface area contributed by atoms with Crippen molar-refractivity contribution in [2.24, 2.45) is 0 Å². The van der Waals surface area contributed by atoms with Gasteiger partial charge in [0, 0.05) is 32.6 Å². The smallest absolute Gasteiger partial charge is 0.407 e. The summed E-state index contributed by atoms with van der Waals surface area (Å²) in [4.78, 5) is 24.3. The summed E-state index contributed by atoms with van der Waals surface area (Å²) in [6.07, 6.45) is -7.12. The van der Waals surface area contributed by atoms with E-state index >= 15 is 0 Å². The van der Waals surface area contributed by atoms with Crippen molar-refractivity contribution >= 4 is 12.0 Å². The van der Waals surface area contributed by atoms with Crippen LogP contribution in [0.1, 0.15) is 12.8 Å². The molecule has 1 aliphatic heterocycles. The molecule has 5 nitrogen and oxygen atoms in total. The second-order valence-electron chi connectivity index (χ2n) is 3.77. The van der Waals surface area contributed by atoms with Gasteiger partial charge in [0.1, 0.15) is 0 Å². The maximum Gasteiger partial charge on any atom is 0.407 e. The number of halogens is 3. The van der Waals surface area contributed by atoms with E-state index in [2.05, 4.69) is 0 Å². The SMILES string of the molecule is O=C(O)N1CCN(C(=O)CCC(F)(F)F)CC1. The lowest BCUT2D eigenvalue weighted by Crippen LogP contribution is -2.50. The van der Waals surface area contributed by atoms with Crippen LogP contribution < -0.4 is 0 Å². The number of carbonyl (C=O) groups excluding carboxylic acids is 1. The van der Waals surface area contributed by atoms with E-state index in [9.17, 15) is 22.8 Å². The van der Waals surface area contributed by atoms with Crippen molar-refractivity contribution in [3.8, 4) is 0 Å². The fourth-order valence-corrected chi connectivity index (χ4v) is 1.55. The first-order valence-corrected chi connectivity index (χ1v) is 5.12. The molecule has 1 saturated heterocycles. The van der Waals surface area contributed by atoms with Crippen LogP contribution in [0.2, 0.25) is 0 Å². The second-order valence-corrected chi connectivity index (χ2v) is 3.77. The molecule has 0 saturated carbocycles. The summed E-state index contributed by atoms with van der Waals surface area (Å²) < 4.78 is 35.7. The molecule has 1 fully saturated rings. The summed E-state index contributed by atoms with van der Waals surface area (Å²) in [7, 11) is 0. The molecule has 0 aliphatic carbocycles. The molecule has 0 bridgehead atoms. The van der Waals surface area contributed by atoms with Gasteiger partial charge in [0.25, 0.3) is 0 Å². The molecule has 98 valence electrons. The van der Waals surface area contributed by atoms with Crippen molar-refractivity contribution in [3.63, 3.8) is 0 Å². The Morgan fingerprint density at radius 3 is 1.94 bits per heavy atom. The Balaban J connectivity index is 2.33. The summed E-state index contributed by atoms with van der Waals surface area (Å²) in [5, 5.41) is 8.65. The van der Waals surface area contributed by atoms with Crippen LogP contribution in [0.25, 0.3) is 0 Å². The highest BCUT2D eigenvalue weighted by atomic mass is 19.4. The number of amides is 2. The Hall–Kier alpha value is -1.47. The number of carbonyl (C=O) groups is 2. The van der Waals surface area contributed by atoms with Crippen molar-refractivity contribution in [3.05, 3.63) is 0 Å². The van der Waals surface area contributed by atoms with Crippen LogP contribution in [-0.2, 0) is 4.79 Å². The highest BCUT2D eigenvalue weighted by molar-refractivity contribution is 5.76. The van der Waals surface area contributed by atoms with Crippen LogP contribution in [0.15, 0.2) is 0 Å². The van der Waals surface area contributed by atoms with E-state index < -0.39 is 31.0 Å². The highest BCUT2D eigenvalue weighted by Crippen LogP contribution is 2.22. The molecule has 0 spiro atoms. The first-order valence-electron chi connectivity index (χ1n) is 5.12. The summed E-state index contributed by atoms with van der Waals surface area (Å²) in [5.41, 5.74) is 0. The number of nitrogens with zero attached hydrogens (tertiary/aromatic N) is 2. The number of piperazine rings is 1. The lowest BCUT2D eigenvalue weighted by Gasteiger charge is -2.33. The number of alkyl halides is 3. The molecule has 8 heteroatoms. The zero-order valence-electron chi connectivity index (χ0n) is 9.03. The lowest BCUT2D eigenvalue weighted by atomic mass is 10.2. The molecular formula is C9H13F3N2O3. The highest BCUT2D eigenvalue weighted by Gasteiger charge is 2.30. The first-order chi connectivity index (χ1) is 7.79. The Morgan fingerprint density at radius 2 is 1.53 bits per heavy atom. The average molecular weight is 254 g/mol. The van der Waals surface area contributed by atoms with E-state index in [-0.39, 0.29) is 26.2 Å². The molecule has 0 aromatic carbocycles. The van der Waals surface area contributed by atoms with Gasteiger partial charge in [0.05, 0.1) is 6.42 Å². The minimum atomic E-state index is -4.33. The van der Waals surface area contributed by atoms with Gasteiger partial charge in [-0.05, 0) is 0 Å². The lowest BCUT2D eigenvalue weighted by molar-refractivity contribution is -0.149. The molecule has 1 heterocycles. The van der Waals surface area contributed by atoms with Crippen LogP contribution in [0.3, 0.4) is 0 Å². The Labute approximate surface area is 95.8 Å². The van der Waals surface area contributed by atoms with Crippen LogP contribution in [0, 0.1) is 0 Å². The average Bonchev–Trinajstić information content (AvgIpc) is 2.25. The maximum atomic E-state index is 11.9. The van der Waals surface area contributed by atoms with Gasteiger partial charge < -0.3 is 14.9 Å². The van der Waals surface area contributed by atoms with Gasteiger partial charge >= 0.3 is 12.3 Å². The Kier molecular flexibility index (Phi) is 4.19. The summed E-state index contributed by atoms with van der Waals surface area (Å²) in [6, 6.07) is 0. The van der Waals surface area contributed by atoms with E-state index in [0.717, 1.165) is 4.90 Å². The first kappa shape index (κ1) is 13.6. The normalized spacial score (nSPS) is 17.1. The fraction of sp³-hybridized carbons (Fsp3) is 0.778. The van der Waals surface area contributed by atoms with E-state index in [1.807, 2.05) is 0 Å². The van der Waals surface area contributed by atoms with Gasteiger partial charge in [-0.2, -0.15) is 13.2 Å². The van der Waals surface area contributed by atoms with Gasteiger partial charge in [-0.15, -0.1) is 0 Å². The Morgan fingerprint density at radius 1 is 1.06 bits per heavy atom. The van der Waals surface area contributed by atoms with E-state index in [1.165, 1.54) is 4.90 Å². The van der Waals surface area contributed by atoms with Crippen molar-refractivity contribution in [1.29, 1.82) is 0 Å². The predicted molar refractivity (Wildman–Crippen MR) is 51.5 cm³/mol. The quantitative estimate of drug-likeness (QED) is 0.804. The van der Waals surface area contributed by atoms with Gasteiger partial charge in [-0.3, -0.25) is 4.79 Å². The predicted octanol–water partition coefficient (Wildman–Crippen LogP) is 1.15. The molecule has 0 aromatic heterocycles. The van der Waals surface area contributed by atoms with Crippen LogP contribution >= 0.6 is 0 Å².